The number of hydrogen-bond donors (Lipinski definition) is 2. The summed E-state index contributed by atoms with van der Waals surface area (Å²) in [5.74, 6) is 6.58. The van der Waals surface area contributed by atoms with Gasteiger partial charge in [0.1, 0.15) is 5.82 Å². The number of morpholine rings is 1. The molecule has 1 unspecified atom stereocenters. The largest absolute Gasteiger partial charge is 0.375 e. The Kier molecular flexibility index (Phi) is 2.98. The second-order valence-corrected chi connectivity index (χ2v) is 3.51. The zero-order valence-electron chi connectivity index (χ0n) is 8.68. The van der Waals surface area contributed by atoms with Gasteiger partial charge < -0.3 is 9.64 Å². The van der Waals surface area contributed by atoms with Gasteiger partial charge in [-0.2, -0.15) is 4.98 Å². The van der Waals surface area contributed by atoms with Crippen LogP contribution in [-0.2, 0) is 4.74 Å². The van der Waals surface area contributed by atoms with Gasteiger partial charge in [0.2, 0.25) is 5.95 Å². The first-order valence-corrected chi connectivity index (χ1v) is 4.96. The fraction of sp³-hybridized carbons (Fsp3) is 0.556. The normalized spacial score (nSPS) is 21.5. The predicted octanol–water partition coefficient (Wildman–Crippen LogP) is -0.0127. The van der Waals surface area contributed by atoms with Gasteiger partial charge in [-0.1, -0.05) is 0 Å². The summed E-state index contributed by atoms with van der Waals surface area (Å²) in [6.07, 6.45) is 1.93. The molecule has 1 aliphatic heterocycles. The molecule has 2 heterocycles. The summed E-state index contributed by atoms with van der Waals surface area (Å²) in [6, 6.07) is 1.87. The monoisotopic (exact) mass is 209 g/mol. The summed E-state index contributed by atoms with van der Waals surface area (Å²) < 4.78 is 5.46. The van der Waals surface area contributed by atoms with Crippen molar-refractivity contribution in [1.29, 1.82) is 0 Å². The minimum Gasteiger partial charge on any atom is -0.375 e. The maximum Gasteiger partial charge on any atom is 0.239 e. The van der Waals surface area contributed by atoms with Gasteiger partial charge in [0, 0.05) is 19.3 Å². The maximum atomic E-state index is 5.46. The number of aromatic nitrogens is 2. The number of nitrogens with zero attached hydrogens (tertiary/aromatic N) is 3. The molecule has 6 heteroatoms. The van der Waals surface area contributed by atoms with Crippen LogP contribution >= 0.6 is 0 Å². The first kappa shape index (κ1) is 10.1. The lowest BCUT2D eigenvalue weighted by Crippen LogP contribution is -2.41. The molecule has 1 aromatic rings. The Bertz CT molecular complexity index is 332. The quantitative estimate of drug-likeness (QED) is 0.527. The second-order valence-electron chi connectivity index (χ2n) is 3.51. The van der Waals surface area contributed by atoms with E-state index in [1.807, 2.05) is 6.07 Å². The minimum atomic E-state index is 0.239. The van der Waals surface area contributed by atoms with E-state index < -0.39 is 0 Å². The molecule has 1 aliphatic rings. The molecule has 0 amide bonds. The smallest absolute Gasteiger partial charge is 0.239 e. The summed E-state index contributed by atoms with van der Waals surface area (Å²) in [7, 11) is 0. The van der Waals surface area contributed by atoms with Crippen LogP contribution in [0.1, 0.15) is 6.92 Å². The van der Waals surface area contributed by atoms with E-state index in [-0.39, 0.29) is 6.10 Å². The minimum absolute atomic E-state index is 0.239. The van der Waals surface area contributed by atoms with Gasteiger partial charge in [-0.25, -0.2) is 10.8 Å². The highest BCUT2D eigenvalue weighted by Crippen LogP contribution is 2.15. The van der Waals surface area contributed by atoms with Crippen molar-refractivity contribution in [3.63, 3.8) is 0 Å². The fourth-order valence-electron chi connectivity index (χ4n) is 1.62. The molecule has 1 fully saturated rings. The number of ether oxygens (including phenoxy) is 1. The lowest BCUT2D eigenvalue weighted by Gasteiger charge is -2.31. The third kappa shape index (κ3) is 2.34. The van der Waals surface area contributed by atoms with Gasteiger partial charge in [0.15, 0.2) is 0 Å². The van der Waals surface area contributed by atoms with Crippen LogP contribution in [0.25, 0.3) is 0 Å². The van der Waals surface area contributed by atoms with E-state index in [1.165, 1.54) is 0 Å². The SMILES string of the molecule is CC1CN(c2ccnc(NN)n2)CCO1. The van der Waals surface area contributed by atoms with E-state index in [9.17, 15) is 0 Å². The van der Waals surface area contributed by atoms with E-state index in [1.54, 1.807) is 6.20 Å². The van der Waals surface area contributed by atoms with E-state index in [4.69, 9.17) is 10.6 Å². The van der Waals surface area contributed by atoms with Crippen LogP contribution in [0, 0.1) is 0 Å². The average Bonchev–Trinajstić information content (AvgIpc) is 2.29. The highest BCUT2D eigenvalue weighted by molar-refractivity contribution is 5.42. The molecule has 1 atom stereocenters. The molecule has 1 saturated heterocycles. The molecule has 3 N–H and O–H groups in total. The van der Waals surface area contributed by atoms with Gasteiger partial charge in [0.25, 0.3) is 0 Å². The number of nitrogen functional groups attached to an aromatic ring is 1. The molecule has 82 valence electrons. The number of nitrogens with one attached hydrogen (secondary N) is 1. The standard InChI is InChI=1S/C9H15N5O/c1-7-6-14(4-5-15-7)8-2-3-11-9(12-8)13-10/h2-3,7H,4-6,10H2,1H3,(H,11,12,13). The van der Waals surface area contributed by atoms with Crippen molar-refractivity contribution in [3.8, 4) is 0 Å². The van der Waals surface area contributed by atoms with Crippen LogP contribution in [-0.4, -0.2) is 35.8 Å². The van der Waals surface area contributed by atoms with Gasteiger partial charge in [-0.05, 0) is 13.0 Å². The molecule has 1 aromatic heterocycles. The van der Waals surface area contributed by atoms with Gasteiger partial charge in [0.05, 0.1) is 12.7 Å². The molecule has 15 heavy (non-hydrogen) atoms. The Labute approximate surface area is 88.4 Å². The topological polar surface area (TPSA) is 76.3 Å². The first-order chi connectivity index (χ1) is 7.29. The van der Waals surface area contributed by atoms with Crippen LogP contribution in [0.15, 0.2) is 12.3 Å². The Balaban J connectivity index is 2.13. The molecule has 0 bridgehead atoms. The van der Waals surface area contributed by atoms with Crippen molar-refractivity contribution in [2.75, 3.05) is 30.0 Å². The average molecular weight is 209 g/mol. The van der Waals surface area contributed by atoms with Crippen molar-refractivity contribution in [2.24, 2.45) is 5.84 Å². The van der Waals surface area contributed by atoms with Crippen LogP contribution < -0.4 is 16.2 Å². The molecule has 0 saturated carbocycles. The van der Waals surface area contributed by atoms with Crippen LogP contribution in [0.3, 0.4) is 0 Å². The van der Waals surface area contributed by atoms with Gasteiger partial charge >= 0.3 is 0 Å². The number of hydrogen-bond acceptors (Lipinski definition) is 6. The molecular formula is C9H15N5O. The first-order valence-electron chi connectivity index (χ1n) is 4.96. The van der Waals surface area contributed by atoms with Crippen LogP contribution in [0.2, 0.25) is 0 Å². The molecule has 0 aliphatic carbocycles. The lowest BCUT2D eigenvalue weighted by molar-refractivity contribution is 0.0529. The van der Waals surface area contributed by atoms with Gasteiger partial charge in [-0.3, -0.25) is 5.43 Å². The summed E-state index contributed by atoms with van der Waals surface area (Å²) >= 11 is 0. The van der Waals surface area contributed by atoms with Crippen LogP contribution in [0.5, 0.6) is 0 Å². The Morgan fingerprint density at radius 3 is 3.27 bits per heavy atom. The highest BCUT2D eigenvalue weighted by atomic mass is 16.5. The van der Waals surface area contributed by atoms with Crippen molar-refractivity contribution < 1.29 is 4.74 Å². The number of rotatable bonds is 2. The highest BCUT2D eigenvalue weighted by Gasteiger charge is 2.17. The van der Waals surface area contributed by atoms with Crippen molar-refractivity contribution in [3.05, 3.63) is 12.3 Å². The Morgan fingerprint density at radius 2 is 2.53 bits per heavy atom. The summed E-state index contributed by atoms with van der Waals surface area (Å²) in [5.41, 5.74) is 2.44. The number of nitrogens with two attached hydrogens (primary N) is 1. The lowest BCUT2D eigenvalue weighted by atomic mass is 10.3. The van der Waals surface area contributed by atoms with Crippen LogP contribution in [0.4, 0.5) is 11.8 Å². The molecule has 0 radical (unpaired) electrons. The molecule has 2 rings (SSSR count). The fourth-order valence-corrected chi connectivity index (χ4v) is 1.62. The van der Waals surface area contributed by atoms with E-state index >= 15 is 0 Å². The molecular weight excluding hydrogens is 194 g/mol. The Hall–Kier alpha value is -1.40. The van der Waals surface area contributed by atoms with E-state index in [0.29, 0.717) is 5.95 Å². The molecule has 0 aromatic carbocycles. The summed E-state index contributed by atoms with van der Waals surface area (Å²) in [4.78, 5) is 10.4. The predicted molar refractivity (Wildman–Crippen MR) is 57.5 cm³/mol. The summed E-state index contributed by atoms with van der Waals surface area (Å²) in [6.45, 7) is 4.48. The van der Waals surface area contributed by atoms with Crippen molar-refractivity contribution in [1.82, 2.24) is 9.97 Å². The van der Waals surface area contributed by atoms with Crippen molar-refractivity contribution >= 4 is 11.8 Å². The third-order valence-corrected chi connectivity index (χ3v) is 2.34. The van der Waals surface area contributed by atoms with Crippen molar-refractivity contribution in [2.45, 2.75) is 13.0 Å². The zero-order valence-corrected chi connectivity index (χ0v) is 8.68. The number of hydrazine groups is 1. The maximum absolute atomic E-state index is 5.46. The van der Waals surface area contributed by atoms with E-state index in [0.717, 1.165) is 25.5 Å². The number of anilines is 2. The zero-order chi connectivity index (χ0) is 10.7. The Morgan fingerprint density at radius 1 is 1.67 bits per heavy atom. The summed E-state index contributed by atoms with van der Waals surface area (Å²) in [5, 5.41) is 0. The third-order valence-electron chi connectivity index (χ3n) is 2.34. The van der Waals surface area contributed by atoms with E-state index in [2.05, 4.69) is 27.2 Å². The molecule has 6 nitrogen and oxygen atoms in total. The molecule has 0 spiro atoms. The van der Waals surface area contributed by atoms with Gasteiger partial charge in [-0.15, -0.1) is 0 Å². The second kappa shape index (κ2) is 4.41.